The van der Waals surface area contributed by atoms with Crippen molar-refractivity contribution < 1.29 is 4.42 Å². The minimum atomic E-state index is 0.341. The molecule has 3 heterocycles. The number of rotatable bonds is 1. The molecule has 3 aromatic heterocycles. The van der Waals surface area contributed by atoms with Crippen LogP contribution in [0.1, 0.15) is 0 Å². The fraction of sp³-hybridized carbons (Fsp3) is 0. The summed E-state index contributed by atoms with van der Waals surface area (Å²) in [7, 11) is 0. The maximum Gasteiger partial charge on any atom is 0.194 e. The van der Waals surface area contributed by atoms with Crippen LogP contribution in [0.5, 0.6) is 0 Å². The summed E-state index contributed by atoms with van der Waals surface area (Å²) in [6, 6.07) is 7.17. The van der Waals surface area contributed by atoms with Crippen molar-refractivity contribution in [3.8, 4) is 11.6 Å². The molecule has 16 heavy (non-hydrogen) atoms. The van der Waals surface area contributed by atoms with Crippen molar-refractivity contribution in [1.82, 2.24) is 9.38 Å². The van der Waals surface area contributed by atoms with Crippen LogP contribution in [0.25, 0.3) is 17.1 Å². The molecule has 0 N–H and O–H groups in total. The van der Waals surface area contributed by atoms with Crippen LogP contribution in [0.2, 0.25) is 10.2 Å². The minimum absolute atomic E-state index is 0.341. The van der Waals surface area contributed by atoms with E-state index < -0.39 is 0 Å². The average molecular weight is 253 g/mol. The smallest absolute Gasteiger partial charge is 0.194 e. The molecule has 0 saturated carbocycles. The molecule has 3 aromatic rings. The summed E-state index contributed by atoms with van der Waals surface area (Å²) in [5, 5.41) is 0.984. The highest BCUT2D eigenvalue weighted by atomic mass is 35.5. The van der Waals surface area contributed by atoms with Gasteiger partial charge in [-0.15, -0.1) is 0 Å². The van der Waals surface area contributed by atoms with Crippen LogP contribution in [0, 0.1) is 0 Å². The summed E-state index contributed by atoms with van der Waals surface area (Å²) in [6.07, 6.45) is 3.54. The Bertz CT molecular complexity index is 657. The number of nitrogens with zero attached hydrogens (tertiary/aromatic N) is 2. The predicted octanol–water partition coefficient (Wildman–Crippen LogP) is 3.90. The van der Waals surface area contributed by atoms with Crippen molar-refractivity contribution in [2.45, 2.75) is 0 Å². The zero-order chi connectivity index (χ0) is 11.1. The molecule has 0 aromatic carbocycles. The van der Waals surface area contributed by atoms with Crippen LogP contribution < -0.4 is 0 Å². The van der Waals surface area contributed by atoms with Gasteiger partial charge < -0.3 is 4.42 Å². The van der Waals surface area contributed by atoms with Gasteiger partial charge in [-0.1, -0.05) is 11.6 Å². The van der Waals surface area contributed by atoms with Crippen molar-refractivity contribution in [2.75, 3.05) is 0 Å². The quantitative estimate of drug-likeness (QED) is 0.658. The highest BCUT2D eigenvalue weighted by molar-refractivity contribution is 6.30. The first-order valence-corrected chi connectivity index (χ1v) is 5.38. The molecule has 0 saturated heterocycles. The molecule has 3 nitrogen and oxygen atoms in total. The SMILES string of the molecule is Clc1ccc2cnc(-c3ccc(Cl)o3)n2c1. The Hall–Kier alpha value is -1.45. The summed E-state index contributed by atoms with van der Waals surface area (Å²) in [6.45, 7) is 0. The third kappa shape index (κ3) is 1.49. The van der Waals surface area contributed by atoms with Crippen LogP contribution in [0.15, 0.2) is 41.1 Å². The number of hydrogen-bond acceptors (Lipinski definition) is 2. The fourth-order valence-corrected chi connectivity index (χ4v) is 1.89. The van der Waals surface area contributed by atoms with E-state index in [1.165, 1.54) is 0 Å². The topological polar surface area (TPSA) is 30.4 Å². The van der Waals surface area contributed by atoms with E-state index >= 15 is 0 Å². The lowest BCUT2D eigenvalue weighted by Crippen LogP contribution is -1.87. The number of fused-ring (bicyclic) bond motifs is 1. The summed E-state index contributed by atoms with van der Waals surface area (Å²) in [4.78, 5) is 4.27. The Morgan fingerprint density at radius 1 is 1.12 bits per heavy atom. The second kappa shape index (κ2) is 3.54. The molecule has 0 radical (unpaired) electrons. The van der Waals surface area contributed by atoms with E-state index in [0.717, 1.165) is 5.52 Å². The average Bonchev–Trinajstić information content (AvgIpc) is 2.83. The molecule has 0 unspecified atom stereocenters. The van der Waals surface area contributed by atoms with E-state index in [2.05, 4.69) is 4.98 Å². The summed E-state index contributed by atoms with van der Waals surface area (Å²) >= 11 is 11.7. The maximum atomic E-state index is 5.93. The fourth-order valence-electron chi connectivity index (χ4n) is 1.58. The third-order valence-electron chi connectivity index (χ3n) is 2.28. The molecule has 0 aliphatic heterocycles. The molecule has 5 heteroatoms. The monoisotopic (exact) mass is 252 g/mol. The molecule has 0 bridgehead atoms. The molecule has 0 aliphatic rings. The van der Waals surface area contributed by atoms with Crippen molar-refractivity contribution in [2.24, 2.45) is 0 Å². The Morgan fingerprint density at radius 3 is 2.75 bits per heavy atom. The van der Waals surface area contributed by atoms with Crippen molar-refractivity contribution in [1.29, 1.82) is 0 Å². The minimum Gasteiger partial charge on any atom is -0.441 e. The summed E-state index contributed by atoms with van der Waals surface area (Å²) in [5.41, 5.74) is 0.951. The second-order valence-electron chi connectivity index (χ2n) is 3.33. The number of imidazole rings is 1. The zero-order valence-electron chi connectivity index (χ0n) is 8.02. The number of aromatic nitrogens is 2. The predicted molar refractivity (Wildman–Crippen MR) is 62.9 cm³/mol. The summed E-state index contributed by atoms with van der Waals surface area (Å²) < 4.78 is 7.17. The normalized spacial score (nSPS) is 11.1. The lowest BCUT2D eigenvalue weighted by Gasteiger charge is -1.98. The van der Waals surface area contributed by atoms with Gasteiger partial charge in [0, 0.05) is 6.20 Å². The first-order chi connectivity index (χ1) is 7.74. The van der Waals surface area contributed by atoms with Gasteiger partial charge in [-0.3, -0.25) is 4.40 Å². The van der Waals surface area contributed by atoms with Gasteiger partial charge in [0.25, 0.3) is 0 Å². The lowest BCUT2D eigenvalue weighted by atomic mass is 10.4. The molecule has 0 aliphatic carbocycles. The van der Waals surface area contributed by atoms with Gasteiger partial charge >= 0.3 is 0 Å². The van der Waals surface area contributed by atoms with Crippen LogP contribution in [-0.4, -0.2) is 9.38 Å². The van der Waals surface area contributed by atoms with Gasteiger partial charge in [0.2, 0.25) is 0 Å². The Balaban J connectivity index is 2.27. The van der Waals surface area contributed by atoms with E-state index in [-0.39, 0.29) is 0 Å². The van der Waals surface area contributed by atoms with Crippen molar-refractivity contribution in [3.05, 3.63) is 46.9 Å². The van der Waals surface area contributed by atoms with Crippen LogP contribution in [0.4, 0.5) is 0 Å². The number of hydrogen-bond donors (Lipinski definition) is 0. The molecular formula is C11H6Cl2N2O. The largest absolute Gasteiger partial charge is 0.441 e. The molecule has 80 valence electrons. The van der Waals surface area contributed by atoms with Crippen LogP contribution in [0.3, 0.4) is 0 Å². The molecule has 0 spiro atoms. The molecule has 0 fully saturated rings. The van der Waals surface area contributed by atoms with E-state index in [1.807, 2.05) is 16.5 Å². The van der Waals surface area contributed by atoms with Gasteiger partial charge in [0.05, 0.1) is 16.7 Å². The van der Waals surface area contributed by atoms with Gasteiger partial charge in [-0.2, -0.15) is 0 Å². The zero-order valence-corrected chi connectivity index (χ0v) is 9.53. The van der Waals surface area contributed by atoms with Gasteiger partial charge in [-0.25, -0.2) is 4.98 Å². The van der Waals surface area contributed by atoms with E-state index in [0.29, 0.717) is 21.8 Å². The lowest BCUT2D eigenvalue weighted by molar-refractivity contribution is 0.579. The molecule has 3 rings (SSSR count). The number of furan rings is 1. The first-order valence-electron chi connectivity index (χ1n) is 4.62. The molecule has 0 atom stereocenters. The van der Waals surface area contributed by atoms with Crippen molar-refractivity contribution >= 4 is 28.7 Å². The maximum absolute atomic E-state index is 5.93. The summed E-state index contributed by atoms with van der Waals surface area (Å²) in [5.74, 6) is 1.30. The Kier molecular flexibility index (Phi) is 2.16. The third-order valence-corrected chi connectivity index (χ3v) is 2.71. The second-order valence-corrected chi connectivity index (χ2v) is 4.14. The Labute approximate surface area is 101 Å². The molecular weight excluding hydrogens is 247 g/mol. The van der Waals surface area contributed by atoms with Gasteiger partial charge in [0.1, 0.15) is 0 Å². The van der Waals surface area contributed by atoms with Crippen LogP contribution in [-0.2, 0) is 0 Å². The Morgan fingerprint density at radius 2 is 2.00 bits per heavy atom. The number of pyridine rings is 1. The van der Waals surface area contributed by atoms with Crippen molar-refractivity contribution in [3.63, 3.8) is 0 Å². The highest BCUT2D eigenvalue weighted by Crippen LogP contribution is 2.25. The van der Waals surface area contributed by atoms with E-state index in [4.69, 9.17) is 27.6 Å². The first kappa shape index (κ1) is 9.75. The van der Waals surface area contributed by atoms with Crippen LogP contribution >= 0.6 is 23.2 Å². The highest BCUT2D eigenvalue weighted by Gasteiger charge is 2.10. The standard InChI is InChI=1S/C11H6Cl2N2O/c12-7-1-2-8-5-14-11(15(8)6-7)9-3-4-10(13)16-9/h1-6H. The van der Waals surface area contributed by atoms with E-state index in [9.17, 15) is 0 Å². The molecule has 0 amide bonds. The van der Waals surface area contributed by atoms with Gasteiger partial charge in [0.15, 0.2) is 16.8 Å². The van der Waals surface area contributed by atoms with E-state index in [1.54, 1.807) is 24.5 Å². The number of halogens is 2. The van der Waals surface area contributed by atoms with Gasteiger partial charge in [-0.05, 0) is 35.9 Å².